The average molecular weight is 585 g/mol. The van der Waals surface area contributed by atoms with Gasteiger partial charge in [0.1, 0.15) is 4.90 Å². The van der Waals surface area contributed by atoms with Crippen LogP contribution in [0.2, 0.25) is 0 Å². The maximum Gasteiger partial charge on any atom is 0.297 e. The zero-order valence-electron chi connectivity index (χ0n) is 25.5. The molecule has 4 fully saturated rings. The Morgan fingerprint density at radius 3 is 1.80 bits per heavy atom. The first kappa shape index (κ1) is 31.0. The Hall–Kier alpha value is -1.47. The molecular weight excluding hydrogens is 532 g/mol. The summed E-state index contributed by atoms with van der Waals surface area (Å²) < 4.78 is 46.7. The zero-order valence-corrected chi connectivity index (χ0v) is 26.3. The smallest absolute Gasteiger partial charge is 0.297 e. The first-order valence-corrected chi connectivity index (χ1v) is 18.0. The van der Waals surface area contributed by atoms with E-state index in [0.29, 0.717) is 42.3 Å². The molecule has 0 bridgehead atoms. The number of allylic oxidation sites excluding steroid dienone is 3. The van der Waals surface area contributed by atoms with E-state index < -0.39 is 15.9 Å². The molecule has 5 rings (SSSR count). The molecule has 0 atom stereocenters. The Bertz CT molecular complexity index is 1120. The van der Waals surface area contributed by atoms with E-state index in [0.717, 1.165) is 42.4 Å². The van der Waals surface area contributed by atoms with Gasteiger partial charge in [-0.3, -0.25) is 4.18 Å². The summed E-state index contributed by atoms with van der Waals surface area (Å²) in [7, 11) is -3.97. The Balaban J connectivity index is 1.50. The third-order valence-electron chi connectivity index (χ3n) is 10.1. The van der Waals surface area contributed by atoms with Gasteiger partial charge in [0.25, 0.3) is 10.1 Å². The average Bonchev–Trinajstić information content (AvgIpc) is 3.50. The van der Waals surface area contributed by atoms with Crippen LogP contribution < -0.4 is 0 Å². The fraction of sp³-hybridized carbons (Fsp3) is 0.714. The molecule has 1 aromatic carbocycles. The van der Waals surface area contributed by atoms with E-state index in [9.17, 15) is 8.42 Å². The third kappa shape index (κ3) is 7.37. The van der Waals surface area contributed by atoms with Crippen molar-refractivity contribution in [3.63, 3.8) is 0 Å². The van der Waals surface area contributed by atoms with E-state index in [-0.39, 0.29) is 6.61 Å². The van der Waals surface area contributed by atoms with Crippen LogP contribution in [-0.4, -0.2) is 34.0 Å². The van der Waals surface area contributed by atoms with Crippen molar-refractivity contribution >= 4 is 10.1 Å². The summed E-state index contributed by atoms with van der Waals surface area (Å²) in [5, 5.41) is 0. The molecule has 0 N–H and O–H groups in total. The van der Waals surface area contributed by atoms with E-state index in [4.69, 9.17) is 13.7 Å². The molecule has 6 heteroatoms. The van der Waals surface area contributed by atoms with Crippen molar-refractivity contribution < 1.29 is 22.1 Å². The Morgan fingerprint density at radius 2 is 1.32 bits per heavy atom. The van der Waals surface area contributed by atoms with Crippen LogP contribution in [-0.2, 0) is 23.8 Å². The molecule has 41 heavy (non-hydrogen) atoms. The fourth-order valence-corrected chi connectivity index (χ4v) is 9.28. The standard InChI is InChI=1S/C35H52O5S/c1-3-4-14-27(2)35(38-23-24-39-35)21-22-40-41(36,37)34-32(29-17-10-6-11-18-29)25-31(28-15-8-5-9-16-28)26-33(34)30-19-12-7-13-20-30/h3-4,14,25-26,28-30H,5-13,15-24H2,1-2H3/b4-3-,27-14+. The van der Waals surface area contributed by atoms with Crippen LogP contribution in [0.25, 0.3) is 0 Å². The van der Waals surface area contributed by atoms with Crippen molar-refractivity contribution in [2.45, 2.75) is 145 Å². The summed E-state index contributed by atoms with van der Waals surface area (Å²) >= 11 is 0. The maximum atomic E-state index is 14.3. The topological polar surface area (TPSA) is 61.8 Å². The third-order valence-corrected chi connectivity index (χ3v) is 11.6. The first-order chi connectivity index (χ1) is 19.9. The molecule has 228 valence electrons. The highest BCUT2D eigenvalue weighted by molar-refractivity contribution is 7.86. The second-order valence-corrected chi connectivity index (χ2v) is 14.4. The molecule has 0 unspecified atom stereocenters. The van der Waals surface area contributed by atoms with Gasteiger partial charge in [0.15, 0.2) is 5.79 Å². The van der Waals surface area contributed by atoms with Gasteiger partial charge in [-0.25, -0.2) is 0 Å². The Labute approximate surface area is 249 Å². The summed E-state index contributed by atoms with van der Waals surface area (Å²) in [5.41, 5.74) is 4.43. The molecule has 0 radical (unpaired) electrons. The van der Waals surface area contributed by atoms with Crippen LogP contribution in [0.1, 0.15) is 151 Å². The molecule has 0 spiro atoms. The predicted molar refractivity (Wildman–Crippen MR) is 165 cm³/mol. The molecule has 4 aliphatic rings. The SMILES string of the molecule is C/C=C\C=C(/C)C1(CCOS(=O)(=O)c2c(C3CCCCC3)cc(C3CCCCC3)cc2C2CCCCC2)OCCO1. The van der Waals surface area contributed by atoms with Crippen molar-refractivity contribution in [2.75, 3.05) is 19.8 Å². The maximum absolute atomic E-state index is 14.3. The minimum atomic E-state index is -3.97. The molecule has 1 aromatic rings. The molecule has 5 nitrogen and oxygen atoms in total. The second-order valence-electron chi connectivity index (χ2n) is 12.9. The lowest BCUT2D eigenvalue weighted by molar-refractivity contribution is -0.135. The second kappa shape index (κ2) is 14.3. The van der Waals surface area contributed by atoms with Gasteiger partial charge in [-0.15, -0.1) is 0 Å². The van der Waals surface area contributed by atoms with Crippen LogP contribution in [0.4, 0.5) is 0 Å². The van der Waals surface area contributed by atoms with E-state index in [2.05, 4.69) is 12.1 Å². The summed E-state index contributed by atoms with van der Waals surface area (Å²) in [6, 6.07) is 4.62. The number of ether oxygens (including phenoxy) is 2. The van der Waals surface area contributed by atoms with Crippen LogP contribution in [0.15, 0.2) is 40.8 Å². The monoisotopic (exact) mass is 584 g/mol. The van der Waals surface area contributed by atoms with Crippen molar-refractivity contribution in [2.24, 2.45) is 0 Å². The van der Waals surface area contributed by atoms with Gasteiger partial charge in [0.05, 0.1) is 19.8 Å². The van der Waals surface area contributed by atoms with Gasteiger partial charge >= 0.3 is 0 Å². The van der Waals surface area contributed by atoms with Crippen LogP contribution in [0.3, 0.4) is 0 Å². The van der Waals surface area contributed by atoms with Crippen LogP contribution in [0, 0.1) is 0 Å². The van der Waals surface area contributed by atoms with Crippen molar-refractivity contribution in [3.8, 4) is 0 Å². The Morgan fingerprint density at radius 1 is 0.829 bits per heavy atom. The molecule has 3 aliphatic carbocycles. The molecular formula is C35H52O5S. The zero-order chi connectivity index (χ0) is 28.7. The highest BCUT2D eigenvalue weighted by Gasteiger charge is 2.39. The van der Waals surface area contributed by atoms with Gasteiger partial charge in [-0.2, -0.15) is 8.42 Å². The van der Waals surface area contributed by atoms with Gasteiger partial charge in [0, 0.05) is 6.42 Å². The molecule has 3 saturated carbocycles. The number of benzene rings is 1. The minimum absolute atomic E-state index is 0.0297. The Kier molecular flexibility index (Phi) is 10.8. The molecule has 0 aromatic heterocycles. The van der Waals surface area contributed by atoms with Crippen molar-refractivity contribution in [3.05, 3.63) is 52.6 Å². The molecule has 1 heterocycles. The number of hydrogen-bond donors (Lipinski definition) is 0. The quantitative estimate of drug-likeness (QED) is 0.203. The van der Waals surface area contributed by atoms with Gasteiger partial charge in [-0.05, 0) is 92.4 Å². The number of hydrogen-bond acceptors (Lipinski definition) is 5. The van der Waals surface area contributed by atoms with E-state index in [1.807, 2.05) is 32.1 Å². The lowest BCUT2D eigenvalue weighted by Gasteiger charge is -2.32. The van der Waals surface area contributed by atoms with Crippen molar-refractivity contribution in [1.82, 2.24) is 0 Å². The highest BCUT2D eigenvalue weighted by atomic mass is 32.2. The summed E-state index contributed by atoms with van der Waals surface area (Å²) in [5.74, 6) is 0.205. The summed E-state index contributed by atoms with van der Waals surface area (Å²) in [4.78, 5) is 0.513. The predicted octanol–water partition coefficient (Wildman–Crippen LogP) is 9.19. The fourth-order valence-electron chi connectivity index (χ4n) is 7.83. The molecule has 1 aliphatic heterocycles. The van der Waals surface area contributed by atoms with Crippen molar-refractivity contribution in [1.29, 1.82) is 0 Å². The first-order valence-electron chi connectivity index (χ1n) is 16.6. The molecule has 1 saturated heterocycles. The van der Waals surface area contributed by atoms with Gasteiger partial charge in [0.2, 0.25) is 0 Å². The highest BCUT2D eigenvalue weighted by Crippen LogP contribution is 2.46. The van der Waals surface area contributed by atoms with E-state index in [1.165, 1.54) is 76.2 Å². The lowest BCUT2D eigenvalue weighted by atomic mass is 9.76. The summed E-state index contributed by atoms with van der Waals surface area (Å²) in [6.45, 7) is 4.96. The molecule has 0 amide bonds. The van der Waals surface area contributed by atoms with E-state index >= 15 is 0 Å². The largest absolute Gasteiger partial charge is 0.344 e. The minimum Gasteiger partial charge on any atom is -0.344 e. The lowest BCUT2D eigenvalue weighted by Crippen LogP contribution is -2.33. The van der Waals surface area contributed by atoms with Crippen LogP contribution >= 0.6 is 0 Å². The van der Waals surface area contributed by atoms with Gasteiger partial charge in [-0.1, -0.05) is 88.1 Å². The normalized spacial score (nSPS) is 23.9. The number of rotatable bonds is 10. The van der Waals surface area contributed by atoms with E-state index in [1.54, 1.807) is 0 Å². The van der Waals surface area contributed by atoms with Gasteiger partial charge < -0.3 is 9.47 Å². The van der Waals surface area contributed by atoms with Crippen LogP contribution in [0.5, 0.6) is 0 Å². The summed E-state index contributed by atoms with van der Waals surface area (Å²) in [6.07, 6.45) is 24.0.